The van der Waals surface area contributed by atoms with Crippen LogP contribution in [0.3, 0.4) is 0 Å². The molecule has 6 heteroatoms. The van der Waals surface area contributed by atoms with E-state index in [0.717, 1.165) is 23.1 Å². The standard InChI is InChI=1S/C26H29N3O2S/c1-15-8-7-9-21(17(15)3)29-24(31)20(23(30)27-25(29)32)13-18-10-11-22-19(12-18)16(2)14-26(4,5)28(22)6/h7-13,16H,14H2,1-6H3,(H,27,30,32)/b20-13-. The van der Waals surface area contributed by atoms with Crippen molar-refractivity contribution in [2.45, 2.75) is 52.5 Å². The van der Waals surface area contributed by atoms with Gasteiger partial charge in [-0.15, -0.1) is 0 Å². The fourth-order valence-electron chi connectivity index (χ4n) is 4.71. The van der Waals surface area contributed by atoms with Crippen molar-refractivity contribution in [3.05, 3.63) is 64.2 Å². The highest BCUT2D eigenvalue weighted by atomic mass is 32.1. The van der Waals surface area contributed by atoms with Crippen LogP contribution in [0.2, 0.25) is 0 Å². The van der Waals surface area contributed by atoms with Crippen LogP contribution in [-0.2, 0) is 9.59 Å². The molecule has 1 atom stereocenters. The molecule has 2 aromatic rings. The Morgan fingerprint density at radius 3 is 2.56 bits per heavy atom. The minimum atomic E-state index is -0.467. The van der Waals surface area contributed by atoms with Crippen LogP contribution in [0.1, 0.15) is 55.4 Å². The van der Waals surface area contributed by atoms with Crippen LogP contribution in [0.25, 0.3) is 6.08 Å². The highest BCUT2D eigenvalue weighted by Crippen LogP contribution is 2.42. The van der Waals surface area contributed by atoms with E-state index in [2.05, 4.69) is 50.2 Å². The van der Waals surface area contributed by atoms with Crippen LogP contribution in [-0.4, -0.2) is 29.5 Å². The minimum Gasteiger partial charge on any atom is -0.369 e. The molecule has 0 spiro atoms. The fourth-order valence-corrected chi connectivity index (χ4v) is 4.98. The van der Waals surface area contributed by atoms with Gasteiger partial charge in [0, 0.05) is 18.3 Å². The van der Waals surface area contributed by atoms with Crippen molar-refractivity contribution in [3.63, 3.8) is 0 Å². The normalized spacial score (nSPS) is 21.6. The van der Waals surface area contributed by atoms with Gasteiger partial charge in [0.15, 0.2) is 5.11 Å². The van der Waals surface area contributed by atoms with E-state index >= 15 is 0 Å². The summed E-state index contributed by atoms with van der Waals surface area (Å²) in [6.45, 7) is 10.7. The number of amides is 2. The Labute approximate surface area is 195 Å². The van der Waals surface area contributed by atoms with E-state index < -0.39 is 11.8 Å². The number of benzene rings is 2. The summed E-state index contributed by atoms with van der Waals surface area (Å²) in [6, 6.07) is 11.9. The summed E-state index contributed by atoms with van der Waals surface area (Å²) in [5, 5.41) is 2.79. The number of carbonyl (C=O) groups excluding carboxylic acids is 2. The average Bonchev–Trinajstić information content (AvgIpc) is 2.72. The Morgan fingerprint density at radius 2 is 1.84 bits per heavy atom. The van der Waals surface area contributed by atoms with Gasteiger partial charge < -0.3 is 4.90 Å². The average molecular weight is 448 g/mol. The Morgan fingerprint density at radius 1 is 1.12 bits per heavy atom. The number of anilines is 2. The van der Waals surface area contributed by atoms with Crippen LogP contribution < -0.4 is 15.1 Å². The van der Waals surface area contributed by atoms with Crippen LogP contribution >= 0.6 is 12.2 Å². The van der Waals surface area contributed by atoms with Gasteiger partial charge in [0.05, 0.1) is 5.69 Å². The van der Waals surface area contributed by atoms with Crippen LogP contribution in [0.5, 0.6) is 0 Å². The van der Waals surface area contributed by atoms with Gasteiger partial charge in [-0.3, -0.25) is 19.8 Å². The number of carbonyl (C=O) groups is 2. The largest absolute Gasteiger partial charge is 0.369 e. The molecule has 1 saturated heterocycles. The number of nitrogens with zero attached hydrogens (tertiary/aromatic N) is 2. The Bertz CT molecular complexity index is 1180. The van der Waals surface area contributed by atoms with Crippen molar-refractivity contribution in [1.29, 1.82) is 0 Å². The van der Waals surface area contributed by atoms with Gasteiger partial charge in [-0.05, 0) is 98.8 Å². The minimum absolute atomic E-state index is 0.0769. The first-order valence-electron chi connectivity index (χ1n) is 10.9. The maximum Gasteiger partial charge on any atom is 0.270 e. The van der Waals surface area contributed by atoms with E-state index in [1.807, 2.05) is 38.1 Å². The molecular formula is C26H29N3O2S. The molecule has 2 aliphatic heterocycles. The predicted octanol–water partition coefficient (Wildman–Crippen LogP) is 4.86. The van der Waals surface area contributed by atoms with Gasteiger partial charge >= 0.3 is 0 Å². The molecule has 4 rings (SSSR count). The maximum absolute atomic E-state index is 13.4. The summed E-state index contributed by atoms with van der Waals surface area (Å²) in [4.78, 5) is 29.8. The molecule has 1 unspecified atom stereocenters. The molecule has 166 valence electrons. The fraction of sp³-hybridized carbons (Fsp3) is 0.346. The van der Waals surface area contributed by atoms with Gasteiger partial charge in [-0.1, -0.05) is 25.1 Å². The van der Waals surface area contributed by atoms with E-state index in [1.54, 1.807) is 6.08 Å². The Balaban J connectivity index is 1.75. The second-order valence-corrected chi connectivity index (χ2v) is 9.86. The molecule has 0 aromatic heterocycles. The van der Waals surface area contributed by atoms with E-state index in [1.165, 1.54) is 16.2 Å². The summed E-state index contributed by atoms with van der Waals surface area (Å²) in [7, 11) is 2.12. The zero-order valence-electron chi connectivity index (χ0n) is 19.4. The summed E-state index contributed by atoms with van der Waals surface area (Å²) in [6.07, 6.45) is 2.70. The topological polar surface area (TPSA) is 52.7 Å². The molecule has 2 heterocycles. The molecule has 2 aliphatic rings. The second-order valence-electron chi connectivity index (χ2n) is 9.47. The number of fused-ring (bicyclic) bond motifs is 1. The molecule has 0 bridgehead atoms. The van der Waals surface area contributed by atoms with Crippen molar-refractivity contribution in [2.75, 3.05) is 16.8 Å². The summed E-state index contributed by atoms with van der Waals surface area (Å²) in [5.74, 6) is -0.494. The quantitative estimate of drug-likeness (QED) is 0.406. The van der Waals surface area contributed by atoms with Gasteiger partial charge in [-0.2, -0.15) is 0 Å². The molecule has 2 amide bonds. The molecule has 1 fully saturated rings. The number of hydrogen-bond acceptors (Lipinski definition) is 4. The van der Waals surface area contributed by atoms with Gasteiger partial charge in [-0.25, -0.2) is 0 Å². The Kier molecular flexibility index (Phi) is 5.45. The highest BCUT2D eigenvalue weighted by Gasteiger charge is 2.36. The molecule has 32 heavy (non-hydrogen) atoms. The lowest BCUT2D eigenvalue weighted by atomic mass is 9.80. The first kappa shape index (κ1) is 22.2. The SMILES string of the molecule is Cc1cccc(N2C(=O)/C(=C\c3ccc4c(c3)C(C)CC(C)(C)N4C)C(=O)NC2=S)c1C. The third-order valence-corrected chi connectivity index (χ3v) is 7.17. The zero-order valence-corrected chi connectivity index (χ0v) is 20.3. The number of aryl methyl sites for hydroxylation is 1. The molecule has 0 saturated carbocycles. The number of nitrogens with one attached hydrogen (secondary N) is 1. The first-order valence-corrected chi connectivity index (χ1v) is 11.3. The van der Waals surface area contributed by atoms with Crippen molar-refractivity contribution < 1.29 is 9.59 Å². The molecule has 0 radical (unpaired) electrons. The maximum atomic E-state index is 13.4. The van der Waals surface area contributed by atoms with E-state index in [9.17, 15) is 9.59 Å². The van der Waals surface area contributed by atoms with Crippen molar-refractivity contribution in [1.82, 2.24) is 5.32 Å². The third kappa shape index (κ3) is 3.62. The first-order chi connectivity index (χ1) is 15.0. The van der Waals surface area contributed by atoms with Crippen molar-refractivity contribution in [2.24, 2.45) is 0 Å². The van der Waals surface area contributed by atoms with Gasteiger partial charge in [0.2, 0.25) is 0 Å². The molecule has 5 nitrogen and oxygen atoms in total. The molecule has 0 aliphatic carbocycles. The summed E-state index contributed by atoms with van der Waals surface area (Å²) >= 11 is 5.35. The zero-order chi connectivity index (χ0) is 23.4. The number of rotatable bonds is 2. The Hall–Kier alpha value is -2.99. The lowest BCUT2D eigenvalue weighted by Gasteiger charge is -2.45. The predicted molar refractivity (Wildman–Crippen MR) is 134 cm³/mol. The molecular weight excluding hydrogens is 418 g/mol. The van der Waals surface area contributed by atoms with E-state index in [-0.39, 0.29) is 16.2 Å². The van der Waals surface area contributed by atoms with Gasteiger partial charge in [0.25, 0.3) is 11.8 Å². The number of hydrogen-bond donors (Lipinski definition) is 1. The van der Waals surface area contributed by atoms with E-state index in [0.29, 0.717) is 11.6 Å². The summed E-state index contributed by atoms with van der Waals surface area (Å²) < 4.78 is 0. The van der Waals surface area contributed by atoms with Crippen LogP contribution in [0, 0.1) is 13.8 Å². The van der Waals surface area contributed by atoms with Gasteiger partial charge in [0.1, 0.15) is 5.57 Å². The van der Waals surface area contributed by atoms with Crippen LogP contribution in [0.15, 0.2) is 42.0 Å². The lowest BCUT2D eigenvalue weighted by molar-refractivity contribution is -0.122. The van der Waals surface area contributed by atoms with Crippen LogP contribution in [0.4, 0.5) is 11.4 Å². The second kappa shape index (κ2) is 7.85. The lowest BCUT2D eigenvalue weighted by Crippen LogP contribution is -2.54. The summed E-state index contributed by atoms with van der Waals surface area (Å²) in [5.41, 5.74) is 6.10. The smallest absolute Gasteiger partial charge is 0.270 e. The number of thiocarbonyl (C=S) groups is 1. The van der Waals surface area contributed by atoms with E-state index in [4.69, 9.17) is 12.2 Å². The molecule has 2 aromatic carbocycles. The van der Waals surface area contributed by atoms with Crippen molar-refractivity contribution in [3.8, 4) is 0 Å². The third-order valence-electron chi connectivity index (χ3n) is 6.89. The van der Waals surface area contributed by atoms with Crippen molar-refractivity contribution >= 4 is 46.6 Å². The highest BCUT2D eigenvalue weighted by molar-refractivity contribution is 7.80. The monoisotopic (exact) mass is 447 g/mol. The molecule has 1 N–H and O–H groups in total.